The summed E-state index contributed by atoms with van der Waals surface area (Å²) in [7, 11) is 0. The van der Waals surface area contributed by atoms with Gasteiger partial charge in [0.05, 0.1) is 0 Å². The molecule has 0 fully saturated rings. The number of hydrogen-bond acceptors (Lipinski definition) is 0. The fourth-order valence-electron chi connectivity index (χ4n) is 3.18. The van der Waals surface area contributed by atoms with Crippen molar-refractivity contribution >= 4 is 0 Å². The van der Waals surface area contributed by atoms with Crippen LogP contribution in [0.4, 0.5) is 0 Å². The maximum atomic E-state index is 2.29. The van der Waals surface area contributed by atoms with Crippen molar-refractivity contribution in [2.75, 3.05) is 0 Å². The van der Waals surface area contributed by atoms with Gasteiger partial charge in [0.15, 0.2) is 0 Å². The molecule has 0 aliphatic heterocycles. The molecule has 1 aromatic rings. The van der Waals surface area contributed by atoms with Crippen LogP contribution in [0.3, 0.4) is 0 Å². The third-order valence-corrected chi connectivity index (χ3v) is 4.88. The molecule has 0 atom stereocenters. The van der Waals surface area contributed by atoms with Gasteiger partial charge in [0.1, 0.15) is 0 Å². The molecule has 0 unspecified atom stereocenters. The van der Waals surface area contributed by atoms with Crippen LogP contribution in [0.2, 0.25) is 0 Å². The van der Waals surface area contributed by atoms with E-state index in [1.807, 2.05) is 0 Å². The Morgan fingerprint density at radius 3 is 1.67 bits per heavy atom. The molecule has 0 saturated carbocycles. The van der Waals surface area contributed by atoms with Crippen molar-refractivity contribution < 1.29 is 0 Å². The Morgan fingerprint density at radius 2 is 1.10 bits per heavy atom. The van der Waals surface area contributed by atoms with Crippen molar-refractivity contribution in [3.05, 3.63) is 34.4 Å². The van der Waals surface area contributed by atoms with Gasteiger partial charge >= 0.3 is 0 Å². The van der Waals surface area contributed by atoms with Crippen LogP contribution in [0.1, 0.15) is 93.4 Å². The molecule has 0 aliphatic carbocycles. The molecular formula is C21H36. The summed E-state index contributed by atoms with van der Waals surface area (Å²) in [6.45, 7) is 9.07. The molecule has 1 rings (SSSR count). The van der Waals surface area contributed by atoms with E-state index in [1.54, 1.807) is 5.56 Å². The van der Waals surface area contributed by atoms with Gasteiger partial charge in [0, 0.05) is 0 Å². The first-order chi connectivity index (χ1) is 10.2. The SMILES string of the molecule is CCCCCCCCCCCCc1c(C)ccc(C)c1C. The van der Waals surface area contributed by atoms with Crippen LogP contribution >= 0.6 is 0 Å². The van der Waals surface area contributed by atoms with Crippen LogP contribution in [-0.2, 0) is 6.42 Å². The highest BCUT2D eigenvalue weighted by Gasteiger charge is 2.04. The Labute approximate surface area is 133 Å². The topological polar surface area (TPSA) is 0 Å². The van der Waals surface area contributed by atoms with Gasteiger partial charge in [-0.25, -0.2) is 0 Å². The lowest BCUT2D eigenvalue weighted by atomic mass is 9.94. The summed E-state index contributed by atoms with van der Waals surface area (Å²) in [6.07, 6.45) is 15.5. The molecule has 0 aliphatic rings. The molecule has 120 valence electrons. The predicted molar refractivity (Wildman–Crippen MR) is 96.2 cm³/mol. The Balaban J connectivity index is 2.08. The lowest BCUT2D eigenvalue weighted by molar-refractivity contribution is 0.556. The standard InChI is InChI=1S/C21H36/c1-5-6-7-8-9-10-11-12-13-14-15-21-19(3)17-16-18(2)20(21)4/h16-17H,5-15H2,1-4H3. The van der Waals surface area contributed by atoms with E-state index in [2.05, 4.69) is 39.8 Å². The van der Waals surface area contributed by atoms with Crippen LogP contribution in [0.15, 0.2) is 12.1 Å². The highest BCUT2D eigenvalue weighted by Crippen LogP contribution is 2.20. The number of aryl methyl sites for hydroxylation is 2. The van der Waals surface area contributed by atoms with E-state index < -0.39 is 0 Å². The molecule has 0 aromatic heterocycles. The molecule has 0 bridgehead atoms. The zero-order chi connectivity index (χ0) is 15.5. The Morgan fingerprint density at radius 1 is 0.619 bits per heavy atom. The smallest absolute Gasteiger partial charge is 0.0274 e. The van der Waals surface area contributed by atoms with Crippen LogP contribution in [0.25, 0.3) is 0 Å². The van der Waals surface area contributed by atoms with Crippen LogP contribution < -0.4 is 0 Å². The molecule has 0 radical (unpaired) electrons. The third-order valence-electron chi connectivity index (χ3n) is 4.88. The van der Waals surface area contributed by atoms with E-state index in [0.29, 0.717) is 0 Å². The largest absolute Gasteiger partial charge is 0.0654 e. The number of rotatable bonds is 11. The zero-order valence-electron chi connectivity index (χ0n) is 14.9. The van der Waals surface area contributed by atoms with Gasteiger partial charge in [-0.2, -0.15) is 0 Å². The predicted octanol–water partition coefficient (Wildman–Crippen LogP) is 7.08. The van der Waals surface area contributed by atoms with Gasteiger partial charge in [-0.3, -0.25) is 0 Å². The van der Waals surface area contributed by atoms with E-state index in [0.717, 1.165) is 0 Å². The molecule has 1 aromatic carbocycles. The van der Waals surface area contributed by atoms with Crippen LogP contribution in [-0.4, -0.2) is 0 Å². The van der Waals surface area contributed by atoms with Crippen molar-refractivity contribution in [1.82, 2.24) is 0 Å². The molecule has 0 saturated heterocycles. The molecular weight excluding hydrogens is 252 g/mol. The summed E-state index contributed by atoms with van der Waals surface area (Å²) < 4.78 is 0. The number of hydrogen-bond donors (Lipinski definition) is 0. The summed E-state index contributed by atoms with van der Waals surface area (Å²) >= 11 is 0. The van der Waals surface area contributed by atoms with E-state index in [-0.39, 0.29) is 0 Å². The van der Waals surface area contributed by atoms with Gasteiger partial charge in [0.2, 0.25) is 0 Å². The lowest BCUT2D eigenvalue weighted by Crippen LogP contribution is -1.96. The maximum Gasteiger partial charge on any atom is -0.0274 e. The molecule has 0 amide bonds. The molecule has 0 nitrogen and oxygen atoms in total. The molecule has 0 N–H and O–H groups in total. The van der Waals surface area contributed by atoms with Gasteiger partial charge in [0.25, 0.3) is 0 Å². The zero-order valence-corrected chi connectivity index (χ0v) is 14.9. The monoisotopic (exact) mass is 288 g/mol. The van der Waals surface area contributed by atoms with E-state index in [9.17, 15) is 0 Å². The first-order valence-electron chi connectivity index (χ1n) is 9.22. The number of unbranched alkanes of at least 4 members (excludes halogenated alkanes) is 9. The minimum atomic E-state index is 1.27. The Bertz CT molecular complexity index is 389. The summed E-state index contributed by atoms with van der Waals surface area (Å²) in [6, 6.07) is 4.54. The van der Waals surface area contributed by atoms with Crippen molar-refractivity contribution in [1.29, 1.82) is 0 Å². The van der Waals surface area contributed by atoms with E-state index >= 15 is 0 Å². The van der Waals surface area contributed by atoms with Gasteiger partial charge in [-0.1, -0.05) is 76.8 Å². The second kappa shape index (κ2) is 10.9. The first kappa shape index (κ1) is 18.3. The van der Waals surface area contributed by atoms with Gasteiger partial charge in [-0.15, -0.1) is 0 Å². The Hall–Kier alpha value is -0.780. The highest BCUT2D eigenvalue weighted by atomic mass is 14.1. The fraction of sp³-hybridized carbons (Fsp3) is 0.714. The minimum absolute atomic E-state index is 1.27. The second-order valence-electron chi connectivity index (χ2n) is 6.73. The summed E-state index contributed by atoms with van der Waals surface area (Å²) in [5.41, 5.74) is 6.05. The van der Waals surface area contributed by atoms with Gasteiger partial charge in [-0.05, 0) is 55.9 Å². The van der Waals surface area contributed by atoms with Crippen molar-refractivity contribution in [3.63, 3.8) is 0 Å². The summed E-state index contributed by atoms with van der Waals surface area (Å²) in [5.74, 6) is 0. The fourth-order valence-corrected chi connectivity index (χ4v) is 3.18. The second-order valence-corrected chi connectivity index (χ2v) is 6.73. The molecule has 0 heteroatoms. The average molecular weight is 289 g/mol. The number of benzene rings is 1. The molecule has 0 spiro atoms. The molecule has 21 heavy (non-hydrogen) atoms. The van der Waals surface area contributed by atoms with Crippen LogP contribution in [0.5, 0.6) is 0 Å². The maximum absolute atomic E-state index is 2.29. The third kappa shape index (κ3) is 7.16. The van der Waals surface area contributed by atoms with Crippen molar-refractivity contribution in [2.24, 2.45) is 0 Å². The summed E-state index contributed by atoms with van der Waals surface area (Å²) in [5, 5.41) is 0. The average Bonchev–Trinajstić information content (AvgIpc) is 2.48. The first-order valence-corrected chi connectivity index (χ1v) is 9.22. The van der Waals surface area contributed by atoms with Gasteiger partial charge < -0.3 is 0 Å². The molecule has 0 heterocycles. The lowest BCUT2D eigenvalue weighted by Gasteiger charge is -2.12. The van der Waals surface area contributed by atoms with Crippen LogP contribution in [0, 0.1) is 20.8 Å². The normalized spacial score (nSPS) is 11.0. The van der Waals surface area contributed by atoms with Crippen molar-refractivity contribution in [2.45, 2.75) is 98.3 Å². The van der Waals surface area contributed by atoms with E-state index in [4.69, 9.17) is 0 Å². The van der Waals surface area contributed by atoms with Crippen molar-refractivity contribution in [3.8, 4) is 0 Å². The summed E-state index contributed by atoms with van der Waals surface area (Å²) in [4.78, 5) is 0. The van der Waals surface area contributed by atoms with E-state index in [1.165, 1.54) is 87.3 Å². The Kier molecular flexibility index (Phi) is 9.46. The minimum Gasteiger partial charge on any atom is -0.0654 e. The quantitative estimate of drug-likeness (QED) is 0.382. The highest BCUT2D eigenvalue weighted by molar-refractivity contribution is 5.39.